The Morgan fingerprint density at radius 1 is 1.02 bits per heavy atom. The van der Waals surface area contributed by atoms with Gasteiger partial charge in [-0.15, -0.1) is 0 Å². The van der Waals surface area contributed by atoms with Crippen LogP contribution < -0.4 is 16.4 Å². The summed E-state index contributed by atoms with van der Waals surface area (Å²) in [5, 5.41) is 6.51. The van der Waals surface area contributed by atoms with Crippen molar-refractivity contribution in [3.63, 3.8) is 0 Å². The maximum Gasteiger partial charge on any atom is 0.242 e. The van der Waals surface area contributed by atoms with Gasteiger partial charge in [-0.25, -0.2) is 13.8 Å². The highest BCUT2D eigenvalue weighted by Crippen LogP contribution is 2.29. The molecule has 0 unspecified atom stereocenters. The van der Waals surface area contributed by atoms with Crippen LogP contribution in [0.25, 0.3) is 11.0 Å². The quantitative estimate of drug-likeness (QED) is 0.172. The van der Waals surface area contributed by atoms with Gasteiger partial charge in [0.1, 0.15) is 17.5 Å². The molecule has 1 aliphatic rings. The Bertz CT molecular complexity index is 1700. The van der Waals surface area contributed by atoms with E-state index in [1.165, 1.54) is 35.4 Å². The lowest BCUT2D eigenvalue weighted by Crippen LogP contribution is -2.42. The third-order valence-electron chi connectivity index (χ3n) is 8.56. The number of hydrogen-bond acceptors (Lipinski definition) is 6. The van der Waals surface area contributed by atoms with Crippen molar-refractivity contribution < 1.29 is 18.3 Å². The van der Waals surface area contributed by atoms with E-state index in [1.807, 2.05) is 6.07 Å². The van der Waals surface area contributed by atoms with Crippen LogP contribution >= 0.6 is 0 Å². The SMILES string of the molecule is Cc1cc2nc([C@@H]3CO[C@H](CCc4ccncc4NC(=O)[C@@H](N)C(c4ccc(F)cc4)c4ccc(F)cc4)CN3)[nH]c2cc1C. The van der Waals surface area contributed by atoms with E-state index < -0.39 is 29.5 Å². The fourth-order valence-corrected chi connectivity index (χ4v) is 5.82. The number of hydrogen-bond donors (Lipinski definition) is 4. The van der Waals surface area contributed by atoms with Gasteiger partial charge in [0.05, 0.1) is 47.7 Å². The van der Waals surface area contributed by atoms with E-state index in [0.717, 1.165) is 28.8 Å². The van der Waals surface area contributed by atoms with Gasteiger partial charge < -0.3 is 26.1 Å². The van der Waals surface area contributed by atoms with Gasteiger partial charge in [0.2, 0.25) is 5.91 Å². The third-order valence-corrected chi connectivity index (χ3v) is 8.56. The first kappa shape index (κ1) is 30.5. The van der Waals surface area contributed by atoms with Crippen LogP contribution in [0, 0.1) is 25.5 Å². The number of rotatable bonds is 9. The standard InChI is InChI=1S/C35H36F2N6O2/c1-20-15-28-29(16-21(20)2)42-34(41-28)31-19-45-27(17-40-31)12-7-22-13-14-39-18-30(22)43-35(44)33(38)32(23-3-8-25(36)9-4-23)24-5-10-26(37)11-6-24/h3-6,8-11,13-16,18,27,31-33,40H,7,12,17,19,38H2,1-2H3,(H,41,42)(H,43,44)/t27-,31+,33+/m1/s1. The molecular formula is C35H36F2N6O2. The van der Waals surface area contributed by atoms with E-state index >= 15 is 0 Å². The molecule has 0 saturated carbocycles. The van der Waals surface area contributed by atoms with Crippen LogP contribution in [0.5, 0.6) is 0 Å². The second kappa shape index (κ2) is 13.2. The number of pyridine rings is 1. The van der Waals surface area contributed by atoms with Crippen LogP contribution in [-0.4, -0.2) is 46.2 Å². The first-order valence-electron chi connectivity index (χ1n) is 15.1. The maximum absolute atomic E-state index is 13.7. The summed E-state index contributed by atoms with van der Waals surface area (Å²) >= 11 is 0. The monoisotopic (exact) mass is 610 g/mol. The number of nitrogens with one attached hydrogen (secondary N) is 3. The van der Waals surface area contributed by atoms with Crippen LogP contribution in [0.4, 0.5) is 14.5 Å². The molecule has 2 aromatic heterocycles. The Balaban J connectivity index is 1.09. The van der Waals surface area contributed by atoms with Crippen molar-refractivity contribution in [3.8, 4) is 0 Å². The fourth-order valence-electron chi connectivity index (χ4n) is 5.82. The van der Waals surface area contributed by atoms with Gasteiger partial charge in [0.15, 0.2) is 0 Å². The molecule has 5 aromatic rings. The number of morpholine rings is 1. The number of benzene rings is 3. The molecule has 0 aliphatic carbocycles. The molecule has 0 bridgehead atoms. The van der Waals surface area contributed by atoms with Crippen molar-refractivity contribution in [1.82, 2.24) is 20.3 Å². The van der Waals surface area contributed by atoms with E-state index in [9.17, 15) is 13.6 Å². The molecule has 0 radical (unpaired) electrons. The Labute approximate surface area is 260 Å². The summed E-state index contributed by atoms with van der Waals surface area (Å²) in [6, 6.07) is 16.7. The van der Waals surface area contributed by atoms with Gasteiger partial charge in [-0.05, 0) is 97.0 Å². The number of amides is 1. The van der Waals surface area contributed by atoms with E-state index in [1.54, 1.807) is 36.7 Å². The Morgan fingerprint density at radius 3 is 2.33 bits per heavy atom. The number of imidazole rings is 1. The summed E-state index contributed by atoms with van der Waals surface area (Å²) in [6.45, 7) is 5.33. The number of carbonyl (C=O) groups is 1. The summed E-state index contributed by atoms with van der Waals surface area (Å²) in [6.07, 6.45) is 4.64. The molecule has 1 amide bonds. The molecule has 6 rings (SSSR count). The van der Waals surface area contributed by atoms with Crippen molar-refractivity contribution in [2.24, 2.45) is 5.73 Å². The Hall–Kier alpha value is -4.51. The molecule has 45 heavy (non-hydrogen) atoms. The van der Waals surface area contributed by atoms with Gasteiger partial charge in [0.25, 0.3) is 0 Å². The minimum atomic E-state index is -1.04. The predicted octanol–water partition coefficient (Wildman–Crippen LogP) is 5.61. The van der Waals surface area contributed by atoms with Crippen molar-refractivity contribution in [2.45, 2.75) is 50.8 Å². The summed E-state index contributed by atoms with van der Waals surface area (Å²) in [4.78, 5) is 25.9. The molecule has 3 aromatic carbocycles. The molecule has 10 heteroatoms. The zero-order chi connectivity index (χ0) is 31.5. The Kier molecular flexibility index (Phi) is 8.97. The van der Waals surface area contributed by atoms with Crippen LogP contribution in [0.3, 0.4) is 0 Å². The van der Waals surface area contributed by atoms with Crippen LogP contribution in [0.15, 0.2) is 79.1 Å². The molecule has 1 saturated heterocycles. The number of aromatic amines is 1. The smallest absolute Gasteiger partial charge is 0.242 e. The van der Waals surface area contributed by atoms with Crippen LogP contribution in [-0.2, 0) is 16.0 Å². The molecule has 8 nitrogen and oxygen atoms in total. The van der Waals surface area contributed by atoms with Crippen molar-refractivity contribution in [1.29, 1.82) is 0 Å². The number of H-pyrrole nitrogens is 1. The van der Waals surface area contributed by atoms with E-state index in [2.05, 4.69) is 46.6 Å². The molecule has 3 heterocycles. The zero-order valence-corrected chi connectivity index (χ0v) is 25.2. The summed E-state index contributed by atoms with van der Waals surface area (Å²) in [5.41, 5.74) is 13.7. The molecule has 1 fully saturated rings. The number of ether oxygens (including phenoxy) is 1. The van der Waals surface area contributed by atoms with Crippen LogP contribution in [0.1, 0.15) is 52.0 Å². The highest BCUT2D eigenvalue weighted by molar-refractivity contribution is 5.96. The number of carbonyl (C=O) groups excluding carboxylic acids is 1. The lowest BCUT2D eigenvalue weighted by molar-refractivity contribution is -0.117. The molecule has 3 atom stereocenters. The lowest BCUT2D eigenvalue weighted by Gasteiger charge is -2.29. The normalized spacial score (nSPS) is 17.5. The summed E-state index contributed by atoms with van der Waals surface area (Å²) < 4.78 is 33.6. The highest BCUT2D eigenvalue weighted by Gasteiger charge is 2.29. The third kappa shape index (κ3) is 6.93. The topological polar surface area (TPSA) is 118 Å². The molecule has 5 N–H and O–H groups in total. The number of nitrogens with zero attached hydrogens (tertiary/aromatic N) is 2. The number of anilines is 1. The van der Waals surface area contributed by atoms with Gasteiger partial charge in [-0.2, -0.15) is 0 Å². The number of halogens is 2. The second-order valence-electron chi connectivity index (χ2n) is 11.7. The molecule has 0 spiro atoms. The lowest BCUT2D eigenvalue weighted by atomic mass is 9.85. The average Bonchev–Trinajstić information content (AvgIpc) is 3.45. The van der Waals surface area contributed by atoms with Gasteiger partial charge in [-0.1, -0.05) is 24.3 Å². The van der Waals surface area contributed by atoms with Crippen molar-refractivity contribution in [3.05, 3.63) is 124 Å². The first-order valence-corrected chi connectivity index (χ1v) is 15.1. The van der Waals surface area contributed by atoms with E-state index in [0.29, 0.717) is 36.4 Å². The summed E-state index contributed by atoms with van der Waals surface area (Å²) in [5.74, 6) is -0.995. The van der Waals surface area contributed by atoms with Crippen molar-refractivity contribution in [2.75, 3.05) is 18.5 Å². The molecule has 232 valence electrons. The highest BCUT2D eigenvalue weighted by atomic mass is 19.1. The molecular weight excluding hydrogens is 574 g/mol. The fraction of sp³-hybridized carbons (Fsp3) is 0.286. The second-order valence-corrected chi connectivity index (χ2v) is 11.7. The van der Waals surface area contributed by atoms with E-state index in [-0.39, 0.29) is 12.1 Å². The number of aromatic nitrogens is 3. The Morgan fingerprint density at radius 2 is 1.69 bits per heavy atom. The minimum Gasteiger partial charge on any atom is -0.375 e. The van der Waals surface area contributed by atoms with Gasteiger partial charge in [-0.3, -0.25) is 9.78 Å². The number of nitrogens with two attached hydrogens (primary N) is 1. The van der Waals surface area contributed by atoms with E-state index in [4.69, 9.17) is 15.5 Å². The summed E-state index contributed by atoms with van der Waals surface area (Å²) in [7, 11) is 0. The van der Waals surface area contributed by atoms with Gasteiger partial charge in [0, 0.05) is 18.7 Å². The maximum atomic E-state index is 13.7. The number of fused-ring (bicyclic) bond motifs is 1. The largest absolute Gasteiger partial charge is 0.375 e. The predicted molar refractivity (Wildman–Crippen MR) is 170 cm³/mol. The minimum absolute atomic E-state index is 0.0181. The zero-order valence-electron chi connectivity index (χ0n) is 25.2. The van der Waals surface area contributed by atoms with Crippen LogP contribution in [0.2, 0.25) is 0 Å². The first-order chi connectivity index (χ1) is 21.7. The average molecular weight is 611 g/mol. The van der Waals surface area contributed by atoms with Gasteiger partial charge >= 0.3 is 0 Å². The molecule has 1 aliphatic heterocycles. The number of aryl methyl sites for hydroxylation is 3. The van der Waals surface area contributed by atoms with Crippen molar-refractivity contribution >= 4 is 22.6 Å².